The predicted molar refractivity (Wildman–Crippen MR) is 124 cm³/mol. The maximum atomic E-state index is 13.2. The van der Waals surface area contributed by atoms with Gasteiger partial charge in [-0.3, -0.25) is 14.4 Å². The normalized spacial score (nSPS) is 15.2. The summed E-state index contributed by atoms with van der Waals surface area (Å²) in [6, 6.07) is 14.1. The summed E-state index contributed by atoms with van der Waals surface area (Å²) in [5.41, 5.74) is 0.822. The standard InChI is InChI=1S/C24H27N5O4/c1-3-16(4-2)25-23(31)21-15-28(19-11-7-8-12-20(19)33-21)22(30)13-14-29-24(32)17-9-5-6-10-18(17)26-27-29/h5-12,16,21H,3-4,13-15H2,1-2H3,(H,25,31). The molecule has 0 radical (unpaired) electrons. The Morgan fingerprint density at radius 2 is 1.85 bits per heavy atom. The Balaban J connectivity index is 1.52. The van der Waals surface area contributed by atoms with Gasteiger partial charge in [-0.1, -0.05) is 43.3 Å². The Morgan fingerprint density at radius 3 is 2.64 bits per heavy atom. The maximum Gasteiger partial charge on any atom is 0.277 e. The third-order valence-corrected chi connectivity index (χ3v) is 5.87. The molecule has 0 spiro atoms. The van der Waals surface area contributed by atoms with Gasteiger partial charge < -0.3 is 15.0 Å². The van der Waals surface area contributed by atoms with Gasteiger partial charge in [0.1, 0.15) is 11.3 Å². The number of hydrogen-bond acceptors (Lipinski definition) is 6. The van der Waals surface area contributed by atoms with Crippen molar-refractivity contribution in [3.63, 3.8) is 0 Å². The predicted octanol–water partition coefficient (Wildman–Crippen LogP) is 2.28. The number of benzene rings is 2. The molecule has 1 aromatic heterocycles. The first-order chi connectivity index (χ1) is 16.0. The third-order valence-electron chi connectivity index (χ3n) is 5.87. The lowest BCUT2D eigenvalue weighted by atomic mass is 10.1. The van der Waals surface area contributed by atoms with Crippen molar-refractivity contribution in [3.8, 4) is 5.75 Å². The van der Waals surface area contributed by atoms with Crippen LogP contribution in [0.1, 0.15) is 33.1 Å². The lowest BCUT2D eigenvalue weighted by molar-refractivity contribution is -0.129. The van der Waals surface area contributed by atoms with Crippen LogP contribution in [0.25, 0.3) is 10.9 Å². The molecule has 4 rings (SSSR count). The Labute approximate surface area is 191 Å². The van der Waals surface area contributed by atoms with Crippen molar-refractivity contribution in [3.05, 3.63) is 58.9 Å². The number of ether oxygens (including phenoxy) is 1. The van der Waals surface area contributed by atoms with E-state index < -0.39 is 6.10 Å². The minimum Gasteiger partial charge on any atom is -0.477 e. The molecule has 9 heteroatoms. The smallest absolute Gasteiger partial charge is 0.277 e. The Hall–Kier alpha value is -3.75. The van der Waals surface area contributed by atoms with E-state index in [-0.39, 0.29) is 42.9 Å². The summed E-state index contributed by atoms with van der Waals surface area (Å²) in [6.07, 6.45) is 0.848. The zero-order chi connectivity index (χ0) is 23.4. The van der Waals surface area contributed by atoms with E-state index in [2.05, 4.69) is 15.6 Å². The van der Waals surface area contributed by atoms with Gasteiger partial charge in [-0.15, -0.1) is 5.10 Å². The van der Waals surface area contributed by atoms with Gasteiger partial charge in [0.25, 0.3) is 11.5 Å². The van der Waals surface area contributed by atoms with Gasteiger partial charge in [-0.2, -0.15) is 0 Å². The van der Waals surface area contributed by atoms with Crippen molar-refractivity contribution in [2.24, 2.45) is 0 Å². The van der Waals surface area contributed by atoms with Gasteiger partial charge in [0.15, 0.2) is 6.10 Å². The largest absolute Gasteiger partial charge is 0.477 e. The molecule has 0 fully saturated rings. The highest BCUT2D eigenvalue weighted by Crippen LogP contribution is 2.33. The molecule has 0 saturated carbocycles. The van der Waals surface area contributed by atoms with Crippen molar-refractivity contribution in [1.82, 2.24) is 20.3 Å². The lowest BCUT2D eigenvalue weighted by Gasteiger charge is -2.34. The van der Waals surface area contributed by atoms with E-state index in [1.807, 2.05) is 19.9 Å². The number of aromatic nitrogens is 3. The van der Waals surface area contributed by atoms with E-state index in [0.717, 1.165) is 12.8 Å². The fourth-order valence-corrected chi connectivity index (χ4v) is 3.90. The topological polar surface area (TPSA) is 106 Å². The minimum absolute atomic E-state index is 0.0299. The molecule has 1 aliphatic heterocycles. The molecule has 2 amide bonds. The SMILES string of the molecule is CCC(CC)NC(=O)C1CN(C(=O)CCn2nnc3ccccc3c2=O)c2ccccc2O1. The van der Waals surface area contributed by atoms with Crippen molar-refractivity contribution in [1.29, 1.82) is 0 Å². The molecule has 2 heterocycles. The number of nitrogens with one attached hydrogen (secondary N) is 1. The van der Waals surface area contributed by atoms with E-state index in [4.69, 9.17) is 4.74 Å². The summed E-state index contributed by atoms with van der Waals surface area (Å²) in [5.74, 6) is 0.00465. The number of hydrogen-bond donors (Lipinski definition) is 1. The van der Waals surface area contributed by atoms with Crippen LogP contribution in [0.4, 0.5) is 5.69 Å². The van der Waals surface area contributed by atoms with E-state index >= 15 is 0 Å². The van der Waals surface area contributed by atoms with Crippen LogP contribution in [0.2, 0.25) is 0 Å². The van der Waals surface area contributed by atoms with Crippen LogP contribution in [0.3, 0.4) is 0 Å². The second kappa shape index (κ2) is 9.81. The summed E-state index contributed by atoms with van der Waals surface area (Å²) in [4.78, 5) is 40.2. The molecule has 1 aliphatic rings. The third kappa shape index (κ3) is 4.72. The van der Waals surface area contributed by atoms with Gasteiger partial charge >= 0.3 is 0 Å². The first-order valence-electron chi connectivity index (χ1n) is 11.2. The van der Waals surface area contributed by atoms with E-state index in [9.17, 15) is 14.4 Å². The van der Waals surface area contributed by atoms with Crippen LogP contribution in [0.5, 0.6) is 5.75 Å². The maximum absolute atomic E-state index is 13.2. The van der Waals surface area contributed by atoms with Crippen LogP contribution in [0.15, 0.2) is 53.3 Å². The summed E-state index contributed by atoms with van der Waals surface area (Å²) in [6.45, 7) is 4.21. The second-order valence-electron chi connectivity index (χ2n) is 7.99. The molecule has 9 nitrogen and oxygen atoms in total. The van der Waals surface area contributed by atoms with Gasteiger partial charge in [0, 0.05) is 12.5 Å². The van der Waals surface area contributed by atoms with Gasteiger partial charge in [0.05, 0.1) is 24.2 Å². The summed E-state index contributed by atoms with van der Waals surface area (Å²) in [5, 5.41) is 11.5. The number of carbonyl (C=O) groups excluding carboxylic acids is 2. The van der Waals surface area contributed by atoms with Gasteiger partial charge in [-0.25, -0.2) is 4.68 Å². The molecule has 1 atom stereocenters. The van der Waals surface area contributed by atoms with E-state index in [1.54, 1.807) is 47.4 Å². The molecule has 3 aromatic rings. The zero-order valence-corrected chi connectivity index (χ0v) is 18.7. The van der Waals surface area contributed by atoms with Crippen LogP contribution < -0.4 is 20.5 Å². The average Bonchev–Trinajstić information content (AvgIpc) is 2.86. The van der Waals surface area contributed by atoms with Gasteiger partial charge in [0.2, 0.25) is 5.91 Å². The van der Waals surface area contributed by atoms with Crippen LogP contribution in [-0.2, 0) is 16.1 Å². The van der Waals surface area contributed by atoms with E-state index in [0.29, 0.717) is 22.3 Å². The number of fused-ring (bicyclic) bond motifs is 2. The highest BCUT2D eigenvalue weighted by molar-refractivity contribution is 5.97. The second-order valence-corrected chi connectivity index (χ2v) is 7.99. The van der Waals surface area contributed by atoms with Crippen LogP contribution in [0, 0.1) is 0 Å². The molecule has 0 bridgehead atoms. The molecule has 1 N–H and O–H groups in total. The Morgan fingerprint density at radius 1 is 1.12 bits per heavy atom. The molecule has 172 valence electrons. The number of aryl methyl sites for hydroxylation is 1. The van der Waals surface area contributed by atoms with Crippen molar-refractivity contribution >= 4 is 28.4 Å². The molecule has 1 unspecified atom stereocenters. The first-order valence-corrected chi connectivity index (χ1v) is 11.2. The summed E-state index contributed by atoms with van der Waals surface area (Å²) >= 11 is 0. The highest BCUT2D eigenvalue weighted by atomic mass is 16.5. The molecular formula is C24H27N5O4. The fraction of sp³-hybridized carbons (Fsp3) is 0.375. The molecular weight excluding hydrogens is 422 g/mol. The Bertz CT molecular complexity index is 1220. The van der Waals surface area contributed by atoms with Crippen LogP contribution in [-0.4, -0.2) is 45.5 Å². The molecule has 33 heavy (non-hydrogen) atoms. The number of para-hydroxylation sites is 2. The number of carbonyl (C=O) groups is 2. The lowest BCUT2D eigenvalue weighted by Crippen LogP contribution is -2.52. The monoisotopic (exact) mass is 449 g/mol. The summed E-state index contributed by atoms with van der Waals surface area (Å²) < 4.78 is 7.11. The Kier molecular flexibility index (Phi) is 6.67. The zero-order valence-electron chi connectivity index (χ0n) is 18.7. The van der Waals surface area contributed by atoms with Crippen molar-refractivity contribution in [2.75, 3.05) is 11.4 Å². The quantitative estimate of drug-likeness (QED) is 0.593. The van der Waals surface area contributed by atoms with Gasteiger partial charge in [-0.05, 0) is 37.1 Å². The highest BCUT2D eigenvalue weighted by Gasteiger charge is 2.34. The van der Waals surface area contributed by atoms with E-state index in [1.165, 1.54) is 4.68 Å². The molecule has 0 saturated heterocycles. The van der Waals surface area contributed by atoms with Crippen molar-refractivity contribution in [2.45, 2.75) is 51.8 Å². The molecule has 2 aromatic carbocycles. The first kappa shape index (κ1) is 22.4. The fourth-order valence-electron chi connectivity index (χ4n) is 3.90. The number of rotatable bonds is 7. The van der Waals surface area contributed by atoms with Crippen molar-refractivity contribution < 1.29 is 14.3 Å². The average molecular weight is 450 g/mol. The number of amides is 2. The van der Waals surface area contributed by atoms with Crippen LogP contribution >= 0.6 is 0 Å². The number of nitrogens with zero attached hydrogens (tertiary/aromatic N) is 4. The number of anilines is 1. The minimum atomic E-state index is -0.812. The molecule has 0 aliphatic carbocycles. The summed E-state index contributed by atoms with van der Waals surface area (Å²) in [7, 11) is 0.